The summed E-state index contributed by atoms with van der Waals surface area (Å²) in [5, 5.41) is 12.1. The summed E-state index contributed by atoms with van der Waals surface area (Å²) in [6, 6.07) is 14.4. The SMILES string of the molecule is CCCCCOc1ccc(/C=C(/C#N)C(=O)Nc2ccc(Br)cc2)cc1OC. The molecule has 0 unspecified atom stereocenters. The Balaban J connectivity index is 2.13. The van der Waals surface area contributed by atoms with Crippen LogP contribution < -0.4 is 14.8 Å². The first-order valence-corrected chi connectivity index (χ1v) is 9.86. The van der Waals surface area contributed by atoms with E-state index in [1.165, 1.54) is 6.08 Å². The maximum absolute atomic E-state index is 12.4. The van der Waals surface area contributed by atoms with Crippen molar-refractivity contribution in [3.63, 3.8) is 0 Å². The lowest BCUT2D eigenvalue weighted by Gasteiger charge is -2.11. The Morgan fingerprint density at radius 3 is 2.57 bits per heavy atom. The molecule has 0 saturated carbocycles. The number of hydrogen-bond donors (Lipinski definition) is 1. The van der Waals surface area contributed by atoms with Crippen molar-refractivity contribution in [1.82, 2.24) is 0 Å². The maximum atomic E-state index is 12.4. The molecule has 0 atom stereocenters. The van der Waals surface area contributed by atoms with E-state index in [4.69, 9.17) is 9.47 Å². The zero-order chi connectivity index (χ0) is 20.4. The summed E-state index contributed by atoms with van der Waals surface area (Å²) in [5.41, 5.74) is 1.30. The van der Waals surface area contributed by atoms with Gasteiger partial charge in [0.1, 0.15) is 11.6 Å². The smallest absolute Gasteiger partial charge is 0.266 e. The van der Waals surface area contributed by atoms with Gasteiger partial charge in [-0.3, -0.25) is 4.79 Å². The van der Waals surface area contributed by atoms with Crippen LogP contribution in [0.15, 0.2) is 52.5 Å². The molecule has 0 aliphatic rings. The van der Waals surface area contributed by atoms with Crippen LogP contribution in [-0.2, 0) is 4.79 Å². The number of rotatable bonds is 9. The van der Waals surface area contributed by atoms with Gasteiger partial charge in [0.25, 0.3) is 5.91 Å². The maximum Gasteiger partial charge on any atom is 0.266 e. The monoisotopic (exact) mass is 442 g/mol. The molecule has 2 aromatic carbocycles. The fourth-order valence-corrected chi connectivity index (χ4v) is 2.74. The first-order valence-electron chi connectivity index (χ1n) is 9.07. The normalized spacial score (nSPS) is 10.9. The molecule has 5 nitrogen and oxygen atoms in total. The fraction of sp³-hybridized carbons (Fsp3) is 0.273. The lowest BCUT2D eigenvalue weighted by Crippen LogP contribution is -2.13. The van der Waals surface area contributed by atoms with Crippen LogP contribution in [0, 0.1) is 11.3 Å². The largest absolute Gasteiger partial charge is 0.493 e. The molecule has 2 rings (SSSR count). The van der Waals surface area contributed by atoms with Crippen LogP contribution in [0.25, 0.3) is 6.08 Å². The minimum absolute atomic E-state index is 0.00147. The van der Waals surface area contributed by atoms with Gasteiger partial charge in [0.05, 0.1) is 13.7 Å². The zero-order valence-electron chi connectivity index (χ0n) is 16.0. The molecule has 146 valence electrons. The van der Waals surface area contributed by atoms with Crippen molar-refractivity contribution in [3.05, 3.63) is 58.1 Å². The number of nitriles is 1. The molecular formula is C22H23BrN2O3. The van der Waals surface area contributed by atoms with Crippen molar-refractivity contribution >= 4 is 33.6 Å². The van der Waals surface area contributed by atoms with Crippen molar-refractivity contribution in [3.8, 4) is 17.6 Å². The number of carbonyl (C=O) groups is 1. The number of ether oxygens (including phenoxy) is 2. The highest BCUT2D eigenvalue weighted by Crippen LogP contribution is 2.29. The van der Waals surface area contributed by atoms with Gasteiger partial charge in [-0.1, -0.05) is 41.8 Å². The summed E-state index contributed by atoms with van der Waals surface area (Å²) >= 11 is 3.34. The van der Waals surface area contributed by atoms with Gasteiger partial charge < -0.3 is 14.8 Å². The number of nitrogens with zero attached hydrogens (tertiary/aromatic N) is 1. The predicted molar refractivity (Wildman–Crippen MR) is 114 cm³/mol. The number of halogens is 1. The van der Waals surface area contributed by atoms with Gasteiger partial charge in [-0.25, -0.2) is 0 Å². The molecule has 28 heavy (non-hydrogen) atoms. The number of benzene rings is 2. The molecule has 0 heterocycles. The van der Waals surface area contributed by atoms with Crippen molar-refractivity contribution in [2.45, 2.75) is 26.2 Å². The van der Waals surface area contributed by atoms with Crippen LogP contribution in [-0.4, -0.2) is 19.6 Å². The number of carbonyl (C=O) groups excluding carboxylic acids is 1. The molecule has 6 heteroatoms. The second-order valence-corrected chi connectivity index (χ2v) is 7.01. The molecule has 1 N–H and O–H groups in total. The third-order valence-electron chi connectivity index (χ3n) is 3.97. The van der Waals surface area contributed by atoms with Gasteiger partial charge >= 0.3 is 0 Å². The molecule has 0 spiro atoms. The van der Waals surface area contributed by atoms with E-state index in [-0.39, 0.29) is 5.57 Å². The summed E-state index contributed by atoms with van der Waals surface area (Å²) in [7, 11) is 1.56. The van der Waals surface area contributed by atoms with Crippen molar-refractivity contribution in [1.29, 1.82) is 5.26 Å². The molecule has 2 aromatic rings. The minimum atomic E-state index is -0.469. The lowest BCUT2D eigenvalue weighted by atomic mass is 10.1. The Kier molecular flexibility index (Phi) is 8.57. The van der Waals surface area contributed by atoms with Gasteiger partial charge in [-0.15, -0.1) is 0 Å². The summed E-state index contributed by atoms with van der Waals surface area (Å²) in [5.74, 6) is 0.744. The van der Waals surface area contributed by atoms with Crippen LogP contribution >= 0.6 is 15.9 Å². The molecule has 0 fully saturated rings. The van der Waals surface area contributed by atoms with Gasteiger partial charge in [0, 0.05) is 10.2 Å². The standard InChI is InChI=1S/C22H23BrN2O3/c1-3-4-5-12-28-20-11-6-16(14-21(20)27-2)13-17(15-24)22(26)25-19-9-7-18(23)8-10-19/h6-11,13-14H,3-5,12H2,1-2H3,(H,25,26)/b17-13-. The Morgan fingerprint density at radius 1 is 1.18 bits per heavy atom. The topological polar surface area (TPSA) is 71.3 Å². The van der Waals surface area contributed by atoms with Crippen LogP contribution in [0.5, 0.6) is 11.5 Å². The van der Waals surface area contributed by atoms with E-state index < -0.39 is 5.91 Å². The zero-order valence-corrected chi connectivity index (χ0v) is 17.6. The number of amides is 1. The van der Waals surface area contributed by atoms with Gasteiger partial charge in [-0.2, -0.15) is 5.26 Å². The lowest BCUT2D eigenvalue weighted by molar-refractivity contribution is -0.112. The van der Waals surface area contributed by atoms with Crippen molar-refractivity contribution in [2.24, 2.45) is 0 Å². The summed E-state index contributed by atoms with van der Waals surface area (Å²) in [4.78, 5) is 12.4. The van der Waals surface area contributed by atoms with E-state index >= 15 is 0 Å². The van der Waals surface area contributed by atoms with Crippen LogP contribution in [0.1, 0.15) is 31.7 Å². The third kappa shape index (κ3) is 6.43. The average molecular weight is 443 g/mol. The Morgan fingerprint density at radius 2 is 1.93 bits per heavy atom. The van der Waals surface area contributed by atoms with Crippen molar-refractivity contribution < 1.29 is 14.3 Å². The predicted octanol–water partition coefficient (Wildman–Crippen LogP) is 5.57. The molecular weight excluding hydrogens is 420 g/mol. The molecule has 0 aliphatic carbocycles. The Bertz CT molecular complexity index is 870. The first kappa shape index (κ1) is 21.5. The fourth-order valence-electron chi connectivity index (χ4n) is 2.47. The van der Waals surface area contributed by atoms with Crippen LogP contribution in [0.2, 0.25) is 0 Å². The second-order valence-electron chi connectivity index (χ2n) is 6.10. The third-order valence-corrected chi connectivity index (χ3v) is 4.50. The quantitative estimate of drug-likeness (QED) is 0.312. The Labute approximate surface area is 174 Å². The van der Waals surface area contributed by atoms with Crippen LogP contribution in [0.3, 0.4) is 0 Å². The average Bonchev–Trinajstić information content (AvgIpc) is 2.71. The molecule has 0 radical (unpaired) electrons. The summed E-state index contributed by atoms with van der Waals surface area (Å²) < 4.78 is 12.1. The first-order chi connectivity index (χ1) is 13.6. The highest BCUT2D eigenvalue weighted by Gasteiger charge is 2.11. The summed E-state index contributed by atoms with van der Waals surface area (Å²) in [6.07, 6.45) is 4.75. The van der Waals surface area contributed by atoms with Gasteiger partial charge in [-0.05, 0) is 54.5 Å². The number of nitrogens with one attached hydrogen (secondary N) is 1. The van der Waals surface area contributed by atoms with Gasteiger partial charge in [0.15, 0.2) is 11.5 Å². The number of anilines is 1. The Hall–Kier alpha value is -2.78. The highest BCUT2D eigenvalue weighted by atomic mass is 79.9. The molecule has 0 aromatic heterocycles. The van der Waals surface area contributed by atoms with E-state index in [1.54, 1.807) is 37.4 Å². The van der Waals surface area contributed by atoms with E-state index in [2.05, 4.69) is 28.2 Å². The molecule has 1 amide bonds. The summed E-state index contributed by atoms with van der Waals surface area (Å²) in [6.45, 7) is 2.76. The van der Waals surface area contributed by atoms with E-state index in [9.17, 15) is 10.1 Å². The molecule has 0 saturated heterocycles. The highest BCUT2D eigenvalue weighted by molar-refractivity contribution is 9.10. The second kappa shape index (κ2) is 11.2. The molecule has 0 bridgehead atoms. The van der Waals surface area contributed by atoms with Crippen molar-refractivity contribution in [2.75, 3.05) is 19.0 Å². The number of unbranched alkanes of at least 4 members (excludes halogenated alkanes) is 2. The van der Waals surface area contributed by atoms with E-state index in [0.717, 1.165) is 23.7 Å². The molecule has 0 aliphatic heterocycles. The number of methoxy groups -OCH3 is 1. The van der Waals surface area contributed by atoms with E-state index in [0.29, 0.717) is 29.4 Å². The number of hydrogen-bond acceptors (Lipinski definition) is 4. The van der Waals surface area contributed by atoms with E-state index in [1.807, 2.05) is 18.2 Å². The minimum Gasteiger partial charge on any atom is -0.493 e. The van der Waals surface area contributed by atoms with Gasteiger partial charge in [0.2, 0.25) is 0 Å². The van der Waals surface area contributed by atoms with Crippen LogP contribution in [0.4, 0.5) is 5.69 Å².